The van der Waals surface area contributed by atoms with Gasteiger partial charge in [0.1, 0.15) is 5.82 Å². The zero-order chi connectivity index (χ0) is 23.0. The fourth-order valence-corrected chi connectivity index (χ4v) is 4.95. The van der Waals surface area contributed by atoms with E-state index >= 15 is 0 Å². The molecule has 1 heterocycles. The number of aliphatic imine (C=N–C) groups is 1. The van der Waals surface area contributed by atoms with Crippen LogP contribution in [0.1, 0.15) is 69.4 Å². The predicted molar refractivity (Wildman–Crippen MR) is 125 cm³/mol. The van der Waals surface area contributed by atoms with Gasteiger partial charge in [0, 0.05) is 43.9 Å². The van der Waals surface area contributed by atoms with Gasteiger partial charge in [-0.05, 0) is 78.6 Å². The summed E-state index contributed by atoms with van der Waals surface area (Å²) in [7, 11) is 1.65. The molecule has 2 aromatic rings. The first-order chi connectivity index (χ1) is 15.3. The predicted octanol–water partition coefficient (Wildman–Crippen LogP) is 4.36. The van der Waals surface area contributed by atoms with E-state index in [1.54, 1.807) is 25.4 Å². The van der Waals surface area contributed by atoms with Crippen molar-refractivity contribution in [3.63, 3.8) is 0 Å². The van der Waals surface area contributed by atoms with E-state index in [-0.39, 0.29) is 17.8 Å². The molecule has 2 aliphatic rings. The van der Waals surface area contributed by atoms with E-state index in [4.69, 9.17) is 5.41 Å². The lowest BCUT2D eigenvalue weighted by Crippen LogP contribution is -2.40. The first-order valence-electron chi connectivity index (χ1n) is 11.2. The molecule has 6 heteroatoms. The van der Waals surface area contributed by atoms with Crippen LogP contribution in [0, 0.1) is 25.1 Å². The van der Waals surface area contributed by atoms with Crippen LogP contribution in [-0.2, 0) is 13.0 Å². The van der Waals surface area contributed by atoms with E-state index in [0.717, 1.165) is 41.5 Å². The van der Waals surface area contributed by atoms with Crippen molar-refractivity contribution in [1.29, 1.82) is 5.41 Å². The molecule has 1 aliphatic heterocycles. The van der Waals surface area contributed by atoms with Crippen molar-refractivity contribution in [1.82, 2.24) is 4.90 Å². The van der Waals surface area contributed by atoms with Crippen molar-refractivity contribution < 1.29 is 14.3 Å². The lowest BCUT2D eigenvalue weighted by atomic mass is 9.90. The SMILES string of the molecule is CN=CCC(=N)c1ccc(Cc2cc3c(c(C)c2C)CN(C2CCCC2O)C3=O)c(F)c1. The smallest absolute Gasteiger partial charge is 0.254 e. The maximum atomic E-state index is 14.9. The third-order valence-electron chi connectivity index (χ3n) is 7.06. The van der Waals surface area contributed by atoms with E-state index in [2.05, 4.69) is 4.99 Å². The van der Waals surface area contributed by atoms with Gasteiger partial charge in [-0.1, -0.05) is 12.1 Å². The van der Waals surface area contributed by atoms with Crippen LogP contribution < -0.4 is 0 Å². The van der Waals surface area contributed by atoms with Gasteiger partial charge in [-0.3, -0.25) is 4.79 Å². The molecule has 0 bridgehead atoms. The van der Waals surface area contributed by atoms with Crippen LogP contribution in [0.4, 0.5) is 4.39 Å². The van der Waals surface area contributed by atoms with E-state index < -0.39 is 6.10 Å². The highest BCUT2D eigenvalue weighted by Crippen LogP contribution is 2.36. The van der Waals surface area contributed by atoms with Crippen LogP contribution in [-0.4, -0.2) is 47.0 Å². The highest BCUT2D eigenvalue weighted by Gasteiger charge is 2.39. The van der Waals surface area contributed by atoms with Crippen molar-refractivity contribution in [2.45, 2.75) is 64.6 Å². The van der Waals surface area contributed by atoms with Crippen LogP contribution in [0.5, 0.6) is 0 Å². The molecule has 1 fully saturated rings. The average molecular weight is 436 g/mol. The molecule has 32 heavy (non-hydrogen) atoms. The second-order valence-electron chi connectivity index (χ2n) is 8.92. The standard InChI is InChI=1S/C26H30FN3O2/c1-15-16(2)21-14-30(24-5-4-6-25(24)31)26(32)20(21)12-19(15)11-17-7-8-18(13-22(17)27)23(28)9-10-29-3/h7-8,10,12-13,24-25,28,31H,4-6,9,11,14H2,1-3H3. The van der Waals surface area contributed by atoms with Gasteiger partial charge < -0.3 is 20.4 Å². The first-order valence-corrected chi connectivity index (χ1v) is 11.2. The molecule has 1 aliphatic carbocycles. The number of carbonyl (C=O) groups excluding carboxylic acids is 1. The summed E-state index contributed by atoms with van der Waals surface area (Å²) in [5.41, 5.74) is 6.19. The number of rotatable bonds is 6. The van der Waals surface area contributed by atoms with Crippen LogP contribution in [0.3, 0.4) is 0 Å². The number of benzene rings is 2. The normalized spacial score (nSPS) is 20.4. The second kappa shape index (κ2) is 8.94. The van der Waals surface area contributed by atoms with Gasteiger partial charge in [0.15, 0.2) is 0 Å². The number of amides is 1. The summed E-state index contributed by atoms with van der Waals surface area (Å²) >= 11 is 0. The molecule has 168 valence electrons. The van der Waals surface area contributed by atoms with Crippen molar-refractivity contribution in [3.8, 4) is 0 Å². The Kier molecular flexibility index (Phi) is 6.24. The van der Waals surface area contributed by atoms with Crippen molar-refractivity contribution >= 4 is 17.8 Å². The Bertz CT molecular complexity index is 1110. The molecule has 2 unspecified atom stereocenters. The van der Waals surface area contributed by atoms with Crippen molar-refractivity contribution in [3.05, 3.63) is 69.0 Å². The van der Waals surface area contributed by atoms with E-state index in [9.17, 15) is 14.3 Å². The minimum Gasteiger partial charge on any atom is -0.391 e. The summed E-state index contributed by atoms with van der Waals surface area (Å²) in [6, 6.07) is 6.71. The average Bonchev–Trinajstić information content (AvgIpc) is 3.34. The number of aliphatic hydroxyl groups excluding tert-OH is 1. The Morgan fingerprint density at radius 3 is 2.69 bits per heavy atom. The van der Waals surface area contributed by atoms with Crippen LogP contribution in [0.2, 0.25) is 0 Å². The third-order valence-corrected chi connectivity index (χ3v) is 7.06. The molecule has 4 rings (SSSR count). The number of nitrogens with zero attached hydrogens (tertiary/aromatic N) is 2. The van der Waals surface area contributed by atoms with E-state index in [1.807, 2.05) is 24.8 Å². The molecule has 0 saturated heterocycles. The molecule has 5 nitrogen and oxygen atoms in total. The Hall–Kier alpha value is -2.86. The van der Waals surface area contributed by atoms with Crippen molar-refractivity contribution in [2.24, 2.45) is 4.99 Å². The van der Waals surface area contributed by atoms with Crippen LogP contribution in [0.25, 0.3) is 0 Å². The third kappa shape index (κ3) is 3.99. The number of hydrogen-bond donors (Lipinski definition) is 2. The Morgan fingerprint density at radius 1 is 1.25 bits per heavy atom. The summed E-state index contributed by atoms with van der Waals surface area (Å²) in [5, 5.41) is 18.4. The number of aliphatic hydroxyl groups is 1. The summed E-state index contributed by atoms with van der Waals surface area (Å²) in [6.07, 6.45) is 4.45. The fourth-order valence-electron chi connectivity index (χ4n) is 4.95. The zero-order valence-corrected chi connectivity index (χ0v) is 18.9. The number of nitrogens with one attached hydrogen (secondary N) is 1. The molecule has 2 atom stereocenters. The maximum absolute atomic E-state index is 14.9. The number of halogens is 1. The summed E-state index contributed by atoms with van der Waals surface area (Å²) in [5.74, 6) is -0.377. The first kappa shape index (κ1) is 22.3. The van der Waals surface area contributed by atoms with Gasteiger partial charge in [-0.2, -0.15) is 0 Å². The molecule has 1 amide bonds. The quantitative estimate of drug-likeness (QED) is 0.662. The molecule has 1 saturated carbocycles. The zero-order valence-electron chi connectivity index (χ0n) is 18.9. The minimum absolute atomic E-state index is 0.0304. The molecule has 0 spiro atoms. The molecule has 2 N–H and O–H groups in total. The molecule has 0 aromatic heterocycles. The number of fused-ring (bicyclic) bond motifs is 1. The maximum Gasteiger partial charge on any atom is 0.254 e. The molecular weight excluding hydrogens is 405 g/mol. The molecular formula is C26H30FN3O2. The van der Waals surface area contributed by atoms with Gasteiger partial charge in [-0.15, -0.1) is 0 Å². The lowest BCUT2D eigenvalue weighted by molar-refractivity contribution is 0.0479. The van der Waals surface area contributed by atoms with Gasteiger partial charge in [-0.25, -0.2) is 4.39 Å². The summed E-state index contributed by atoms with van der Waals surface area (Å²) in [4.78, 5) is 18.9. The highest BCUT2D eigenvalue weighted by atomic mass is 19.1. The molecule has 2 aromatic carbocycles. The lowest BCUT2D eigenvalue weighted by Gasteiger charge is -2.26. The fraction of sp³-hybridized carbons (Fsp3) is 0.423. The Balaban J connectivity index is 1.60. The highest BCUT2D eigenvalue weighted by molar-refractivity contribution is 6.05. The van der Waals surface area contributed by atoms with Gasteiger partial charge in [0.05, 0.1) is 12.1 Å². The summed E-state index contributed by atoms with van der Waals surface area (Å²) in [6.45, 7) is 4.58. The van der Waals surface area contributed by atoms with E-state index in [0.29, 0.717) is 41.8 Å². The van der Waals surface area contributed by atoms with Gasteiger partial charge in [0.2, 0.25) is 0 Å². The minimum atomic E-state index is -0.455. The van der Waals surface area contributed by atoms with Crippen LogP contribution >= 0.6 is 0 Å². The van der Waals surface area contributed by atoms with Gasteiger partial charge in [0.25, 0.3) is 5.91 Å². The van der Waals surface area contributed by atoms with Gasteiger partial charge >= 0.3 is 0 Å². The number of carbonyl (C=O) groups is 1. The van der Waals surface area contributed by atoms with Crippen molar-refractivity contribution in [2.75, 3.05) is 7.05 Å². The summed E-state index contributed by atoms with van der Waals surface area (Å²) < 4.78 is 14.9. The molecule has 0 radical (unpaired) electrons. The topological polar surface area (TPSA) is 76.8 Å². The number of hydrogen-bond acceptors (Lipinski definition) is 4. The van der Waals surface area contributed by atoms with Crippen LogP contribution in [0.15, 0.2) is 29.3 Å². The van der Waals surface area contributed by atoms with E-state index in [1.165, 1.54) is 6.07 Å². The Labute approximate surface area is 188 Å². The monoisotopic (exact) mass is 435 g/mol. The largest absolute Gasteiger partial charge is 0.391 e. The Morgan fingerprint density at radius 2 is 2.03 bits per heavy atom. The second-order valence-corrected chi connectivity index (χ2v) is 8.92.